The quantitative estimate of drug-likeness (QED) is 0.392. The van der Waals surface area contributed by atoms with Crippen molar-refractivity contribution >= 4 is 41.3 Å². The lowest BCUT2D eigenvalue weighted by Gasteiger charge is -2.23. The van der Waals surface area contributed by atoms with Crippen LogP contribution in [0.15, 0.2) is 22.5 Å². The molecule has 6 heteroatoms. The molecule has 1 aliphatic heterocycles. The van der Waals surface area contributed by atoms with Gasteiger partial charge in [-0.3, -0.25) is 4.99 Å². The molecule has 2 atom stereocenters. The second-order valence-corrected chi connectivity index (χ2v) is 7.11. The van der Waals surface area contributed by atoms with Crippen molar-refractivity contribution < 1.29 is 4.74 Å². The van der Waals surface area contributed by atoms with Crippen molar-refractivity contribution in [2.24, 2.45) is 16.8 Å². The van der Waals surface area contributed by atoms with E-state index in [-0.39, 0.29) is 24.0 Å². The Hall–Kier alpha value is -0.340. The maximum absolute atomic E-state index is 5.55. The zero-order valence-corrected chi connectivity index (χ0v) is 17.6. The standard InChI is InChI=1S/C17H29N3OS.HI/c1-4-21-13-15-7-8-20(12-15)17(18-3)19-11-14(2)10-16-6-5-9-22-16;/h5-6,9,14-15H,4,7-8,10-13H2,1-3H3,(H,18,19);1H. The van der Waals surface area contributed by atoms with Crippen molar-refractivity contribution in [1.29, 1.82) is 0 Å². The van der Waals surface area contributed by atoms with Crippen molar-refractivity contribution in [2.75, 3.05) is 39.9 Å². The van der Waals surface area contributed by atoms with Crippen LogP contribution in [0, 0.1) is 11.8 Å². The number of thiophene rings is 1. The molecule has 1 aromatic heterocycles. The Kier molecular flexibility index (Phi) is 10.1. The number of aliphatic imine (C=N–C) groups is 1. The Bertz CT molecular complexity index is 453. The molecule has 0 radical (unpaired) electrons. The number of halogens is 1. The first-order chi connectivity index (χ1) is 10.7. The van der Waals surface area contributed by atoms with Gasteiger partial charge in [0.1, 0.15) is 0 Å². The molecule has 0 spiro atoms. The summed E-state index contributed by atoms with van der Waals surface area (Å²) < 4.78 is 5.55. The molecule has 1 N–H and O–H groups in total. The zero-order valence-electron chi connectivity index (χ0n) is 14.5. The van der Waals surface area contributed by atoms with Crippen LogP contribution in [0.5, 0.6) is 0 Å². The third-order valence-corrected chi connectivity index (χ3v) is 4.99. The minimum atomic E-state index is 0. The van der Waals surface area contributed by atoms with E-state index in [2.05, 4.69) is 46.6 Å². The number of likely N-dealkylation sites (tertiary alicyclic amines) is 1. The summed E-state index contributed by atoms with van der Waals surface area (Å²) in [6.07, 6.45) is 2.33. The third-order valence-electron chi connectivity index (χ3n) is 4.09. The van der Waals surface area contributed by atoms with Gasteiger partial charge in [0, 0.05) is 44.1 Å². The normalized spacial score (nSPS) is 19.5. The van der Waals surface area contributed by atoms with Gasteiger partial charge in [0.05, 0.1) is 6.61 Å². The van der Waals surface area contributed by atoms with Gasteiger partial charge in [0.2, 0.25) is 0 Å². The summed E-state index contributed by atoms with van der Waals surface area (Å²) in [6, 6.07) is 4.34. The van der Waals surface area contributed by atoms with Crippen molar-refractivity contribution in [3.8, 4) is 0 Å². The fourth-order valence-corrected chi connectivity index (χ4v) is 3.76. The summed E-state index contributed by atoms with van der Waals surface area (Å²) in [4.78, 5) is 8.27. The van der Waals surface area contributed by atoms with E-state index in [1.165, 1.54) is 11.3 Å². The van der Waals surface area contributed by atoms with Crippen molar-refractivity contribution in [1.82, 2.24) is 10.2 Å². The van der Waals surface area contributed by atoms with Crippen LogP contribution in [0.25, 0.3) is 0 Å². The summed E-state index contributed by atoms with van der Waals surface area (Å²) in [5.41, 5.74) is 0. The first-order valence-corrected chi connectivity index (χ1v) is 9.16. The van der Waals surface area contributed by atoms with Gasteiger partial charge in [-0.25, -0.2) is 0 Å². The van der Waals surface area contributed by atoms with Gasteiger partial charge in [-0.2, -0.15) is 0 Å². The van der Waals surface area contributed by atoms with E-state index in [4.69, 9.17) is 4.74 Å². The van der Waals surface area contributed by atoms with Gasteiger partial charge in [0.25, 0.3) is 0 Å². The van der Waals surface area contributed by atoms with Crippen LogP contribution >= 0.6 is 35.3 Å². The number of nitrogens with one attached hydrogen (secondary N) is 1. The number of rotatable bonds is 7. The Morgan fingerprint density at radius 1 is 1.57 bits per heavy atom. The highest BCUT2D eigenvalue weighted by atomic mass is 127. The second kappa shape index (κ2) is 11.3. The smallest absolute Gasteiger partial charge is 0.193 e. The van der Waals surface area contributed by atoms with E-state index in [1.54, 1.807) is 0 Å². The fourth-order valence-electron chi connectivity index (χ4n) is 2.89. The third kappa shape index (κ3) is 6.97. The predicted molar refractivity (Wildman–Crippen MR) is 110 cm³/mol. The highest BCUT2D eigenvalue weighted by Crippen LogP contribution is 2.17. The summed E-state index contributed by atoms with van der Waals surface area (Å²) in [5.74, 6) is 2.29. The molecule has 0 amide bonds. The summed E-state index contributed by atoms with van der Waals surface area (Å²) in [7, 11) is 1.88. The molecule has 1 fully saturated rings. The van der Waals surface area contributed by atoms with Gasteiger partial charge >= 0.3 is 0 Å². The van der Waals surface area contributed by atoms with Crippen LogP contribution in [0.3, 0.4) is 0 Å². The van der Waals surface area contributed by atoms with E-state index in [9.17, 15) is 0 Å². The van der Waals surface area contributed by atoms with Crippen LogP contribution in [0.1, 0.15) is 25.1 Å². The van der Waals surface area contributed by atoms with E-state index >= 15 is 0 Å². The maximum atomic E-state index is 5.55. The summed E-state index contributed by atoms with van der Waals surface area (Å²) in [6.45, 7) is 9.14. The molecular formula is C17H30IN3OS. The Labute approximate surface area is 161 Å². The average Bonchev–Trinajstić information content (AvgIpc) is 3.17. The van der Waals surface area contributed by atoms with Crippen LogP contribution in [0.2, 0.25) is 0 Å². The van der Waals surface area contributed by atoms with Gasteiger partial charge in [-0.05, 0) is 37.1 Å². The zero-order chi connectivity index (χ0) is 15.8. The molecule has 1 saturated heterocycles. The Morgan fingerprint density at radius 3 is 3.04 bits per heavy atom. The molecule has 0 saturated carbocycles. The first kappa shape index (κ1) is 20.7. The predicted octanol–water partition coefficient (Wildman–Crippen LogP) is 3.48. The lowest BCUT2D eigenvalue weighted by Crippen LogP contribution is -2.42. The van der Waals surface area contributed by atoms with Crippen molar-refractivity contribution in [3.05, 3.63) is 22.4 Å². The van der Waals surface area contributed by atoms with Crippen LogP contribution in [-0.2, 0) is 11.2 Å². The summed E-state index contributed by atoms with van der Waals surface area (Å²) >= 11 is 1.84. The molecule has 23 heavy (non-hydrogen) atoms. The molecule has 2 heterocycles. The van der Waals surface area contributed by atoms with Crippen molar-refractivity contribution in [3.63, 3.8) is 0 Å². The minimum Gasteiger partial charge on any atom is -0.381 e. The maximum Gasteiger partial charge on any atom is 0.193 e. The molecular weight excluding hydrogens is 421 g/mol. The molecule has 0 aromatic carbocycles. The molecule has 2 rings (SSSR count). The Balaban J connectivity index is 0.00000264. The van der Waals surface area contributed by atoms with E-state index < -0.39 is 0 Å². The number of hydrogen-bond donors (Lipinski definition) is 1. The topological polar surface area (TPSA) is 36.9 Å². The van der Waals surface area contributed by atoms with Crippen LogP contribution in [-0.4, -0.2) is 50.8 Å². The molecule has 132 valence electrons. The van der Waals surface area contributed by atoms with Gasteiger partial charge in [-0.15, -0.1) is 35.3 Å². The molecule has 1 aromatic rings. The minimum absolute atomic E-state index is 0. The number of nitrogens with zero attached hydrogens (tertiary/aromatic N) is 2. The highest BCUT2D eigenvalue weighted by Gasteiger charge is 2.24. The highest BCUT2D eigenvalue weighted by molar-refractivity contribution is 14.0. The van der Waals surface area contributed by atoms with Crippen LogP contribution < -0.4 is 5.32 Å². The lowest BCUT2D eigenvalue weighted by atomic mass is 10.1. The van der Waals surface area contributed by atoms with Crippen molar-refractivity contribution in [2.45, 2.75) is 26.7 Å². The number of hydrogen-bond acceptors (Lipinski definition) is 3. The second-order valence-electron chi connectivity index (χ2n) is 6.08. The van der Waals surface area contributed by atoms with E-state index in [0.29, 0.717) is 11.8 Å². The first-order valence-electron chi connectivity index (χ1n) is 8.28. The average molecular weight is 451 g/mol. The molecule has 2 unspecified atom stereocenters. The molecule has 0 aliphatic carbocycles. The number of ether oxygens (including phenoxy) is 1. The van der Waals surface area contributed by atoms with Gasteiger partial charge < -0.3 is 15.0 Å². The fraction of sp³-hybridized carbons (Fsp3) is 0.706. The number of guanidine groups is 1. The van der Waals surface area contributed by atoms with Gasteiger partial charge in [0.15, 0.2) is 5.96 Å². The van der Waals surface area contributed by atoms with Gasteiger partial charge in [-0.1, -0.05) is 13.0 Å². The molecule has 0 bridgehead atoms. The SMILES string of the molecule is CCOCC1CCN(C(=NC)NCC(C)Cc2cccs2)C1.I. The van der Waals surface area contributed by atoms with E-state index in [1.807, 2.05) is 18.4 Å². The lowest BCUT2D eigenvalue weighted by molar-refractivity contribution is 0.114. The molecule has 4 nitrogen and oxygen atoms in total. The summed E-state index contributed by atoms with van der Waals surface area (Å²) in [5, 5.41) is 5.69. The Morgan fingerprint density at radius 2 is 2.39 bits per heavy atom. The monoisotopic (exact) mass is 451 g/mol. The van der Waals surface area contributed by atoms with E-state index in [0.717, 1.165) is 45.2 Å². The van der Waals surface area contributed by atoms with Crippen LogP contribution in [0.4, 0.5) is 0 Å². The molecule has 1 aliphatic rings. The largest absolute Gasteiger partial charge is 0.381 e.